The Kier molecular flexibility index (Phi) is 9.87. The number of aromatic nitrogens is 1. The van der Waals surface area contributed by atoms with Crippen LogP contribution in [0.4, 0.5) is 0 Å². The summed E-state index contributed by atoms with van der Waals surface area (Å²) in [4.78, 5) is 44.3. The molecule has 3 atom stereocenters. The summed E-state index contributed by atoms with van der Waals surface area (Å²) in [6.45, 7) is 4.06. The molecule has 2 rings (SSSR count). The number of aromatic amines is 1. The first-order valence-electron chi connectivity index (χ1n) is 11.3. The van der Waals surface area contributed by atoms with E-state index in [0.717, 1.165) is 16.5 Å². The maximum Gasteiger partial charge on any atom is 0.326 e. The van der Waals surface area contributed by atoms with Crippen LogP contribution in [-0.4, -0.2) is 58.5 Å². The number of nitrogens with one attached hydrogen (secondary N) is 3. The lowest BCUT2D eigenvalue weighted by atomic mass is 10.0. The minimum absolute atomic E-state index is 0.0750. The first-order valence-corrected chi connectivity index (χ1v) is 11.3. The van der Waals surface area contributed by atoms with Crippen LogP contribution in [0.25, 0.3) is 10.9 Å². The minimum atomic E-state index is -1.18. The van der Waals surface area contributed by atoms with Crippen LogP contribution >= 0.6 is 0 Å². The molecule has 0 aliphatic rings. The summed E-state index contributed by atoms with van der Waals surface area (Å²) in [7, 11) is 0. The van der Waals surface area contributed by atoms with E-state index < -0.39 is 35.9 Å². The van der Waals surface area contributed by atoms with Crippen molar-refractivity contribution in [1.82, 2.24) is 15.6 Å². The fraction of sp³-hybridized carbons (Fsp3) is 0.478. The summed E-state index contributed by atoms with van der Waals surface area (Å²) in [5, 5.41) is 15.7. The van der Waals surface area contributed by atoms with E-state index in [9.17, 15) is 19.5 Å². The number of nitrogens with two attached hydrogens (primary N) is 3. The second-order valence-corrected chi connectivity index (χ2v) is 8.71. The molecular weight excluding hydrogens is 438 g/mol. The number of carbonyl (C=O) groups excluding carboxylic acids is 2. The van der Waals surface area contributed by atoms with Crippen LogP contribution in [0.5, 0.6) is 0 Å². The fourth-order valence-corrected chi connectivity index (χ4v) is 3.65. The maximum atomic E-state index is 12.9. The third kappa shape index (κ3) is 8.07. The highest BCUT2D eigenvalue weighted by Gasteiger charge is 2.28. The Labute approximate surface area is 198 Å². The van der Waals surface area contributed by atoms with Gasteiger partial charge >= 0.3 is 5.97 Å². The van der Waals surface area contributed by atoms with E-state index in [-0.39, 0.29) is 31.3 Å². The second kappa shape index (κ2) is 12.6. The van der Waals surface area contributed by atoms with E-state index in [2.05, 4.69) is 20.6 Å². The number of rotatable bonds is 13. The number of amides is 2. The molecule has 0 spiro atoms. The average Bonchev–Trinajstić information content (AvgIpc) is 3.17. The lowest BCUT2D eigenvalue weighted by Crippen LogP contribution is -2.55. The van der Waals surface area contributed by atoms with Gasteiger partial charge in [-0.25, -0.2) is 4.79 Å². The molecule has 2 aromatic rings. The summed E-state index contributed by atoms with van der Waals surface area (Å²) in [6, 6.07) is 4.77. The van der Waals surface area contributed by atoms with Gasteiger partial charge in [-0.05, 0) is 43.2 Å². The number of aliphatic imine (C=N–C) groups is 1. The highest BCUT2D eigenvalue weighted by molar-refractivity contribution is 5.92. The lowest BCUT2D eigenvalue weighted by molar-refractivity contribution is -0.142. The van der Waals surface area contributed by atoms with Gasteiger partial charge in [0.1, 0.15) is 12.1 Å². The zero-order valence-corrected chi connectivity index (χ0v) is 19.6. The molecule has 11 nitrogen and oxygen atoms in total. The van der Waals surface area contributed by atoms with Crippen molar-refractivity contribution < 1.29 is 19.5 Å². The molecule has 0 aliphatic heterocycles. The fourth-order valence-electron chi connectivity index (χ4n) is 3.65. The van der Waals surface area contributed by atoms with Gasteiger partial charge in [0.25, 0.3) is 0 Å². The number of carbonyl (C=O) groups is 3. The average molecular weight is 474 g/mol. The number of guanidine groups is 1. The van der Waals surface area contributed by atoms with E-state index in [1.807, 2.05) is 44.3 Å². The number of nitrogens with zero attached hydrogens (tertiary/aromatic N) is 1. The highest BCUT2D eigenvalue weighted by atomic mass is 16.4. The van der Waals surface area contributed by atoms with Gasteiger partial charge in [0, 0.05) is 23.6 Å². The van der Waals surface area contributed by atoms with Gasteiger partial charge in [-0.3, -0.25) is 14.6 Å². The molecule has 0 bridgehead atoms. The van der Waals surface area contributed by atoms with E-state index in [1.54, 1.807) is 0 Å². The Balaban J connectivity index is 2.02. The number of para-hydroxylation sites is 1. The monoisotopic (exact) mass is 473 g/mol. The van der Waals surface area contributed by atoms with Crippen molar-refractivity contribution in [3.8, 4) is 0 Å². The molecule has 0 saturated carbocycles. The predicted molar refractivity (Wildman–Crippen MR) is 131 cm³/mol. The van der Waals surface area contributed by atoms with Crippen LogP contribution in [0.2, 0.25) is 0 Å². The zero-order chi connectivity index (χ0) is 25.3. The van der Waals surface area contributed by atoms with Gasteiger partial charge in [0.2, 0.25) is 11.8 Å². The third-order valence-corrected chi connectivity index (χ3v) is 5.35. The number of hydrogen-bond donors (Lipinski definition) is 7. The second-order valence-electron chi connectivity index (χ2n) is 8.71. The molecule has 34 heavy (non-hydrogen) atoms. The first-order chi connectivity index (χ1) is 16.1. The van der Waals surface area contributed by atoms with Gasteiger partial charge in [0.15, 0.2) is 5.96 Å². The quantitative estimate of drug-likeness (QED) is 0.122. The van der Waals surface area contributed by atoms with Crippen LogP contribution < -0.4 is 27.8 Å². The van der Waals surface area contributed by atoms with Crippen LogP contribution in [0.1, 0.15) is 38.7 Å². The molecular formula is C23H35N7O4. The summed E-state index contributed by atoms with van der Waals surface area (Å²) in [5.74, 6) is -2.24. The minimum Gasteiger partial charge on any atom is -0.480 e. The number of H-pyrrole nitrogens is 1. The summed E-state index contributed by atoms with van der Waals surface area (Å²) in [6.07, 6.45) is 2.94. The SMILES string of the molecule is CC(C)C[C@H](NC(=O)[C@@H](N)Cc1c[nH]c2ccccc12)C(=O)N[C@@H](CCCN=C(N)N)C(=O)O. The van der Waals surface area contributed by atoms with E-state index in [1.165, 1.54) is 0 Å². The van der Waals surface area contributed by atoms with Crippen molar-refractivity contribution in [3.05, 3.63) is 36.0 Å². The molecule has 0 radical (unpaired) electrons. The largest absolute Gasteiger partial charge is 0.480 e. The Hall–Kier alpha value is -3.60. The summed E-state index contributed by atoms with van der Waals surface area (Å²) in [5.41, 5.74) is 18.5. The van der Waals surface area contributed by atoms with Gasteiger partial charge in [0.05, 0.1) is 6.04 Å². The lowest BCUT2D eigenvalue weighted by Gasteiger charge is -2.24. The smallest absolute Gasteiger partial charge is 0.326 e. The molecule has 1 heterocycles. The standard InChI is InChI=1S/C23H35N7O4/c1-13(2)10-19(21(32)29-18(22(33)34)8-5-9-27-23(25)26)30-20(31)16(24)11-14-12-28-17-7-4-3-6-15(14)17/h3-4,6-7,12-13,16,18-19,28H,5,8-11,24H2,1-2H3,(H,29,32)(H,30,31)(H,33,34)(H4,25,26,27)/t16-,18-,19-/m0/s1. The maximum absolute atomic E-state index is 12.9. The Morgan fingerprint density at radius 3 is 2.41 bits per heavy atom. The third-order valence-electron chi connectivity index (χ3n) is 5.35. The van der Waals surface area contributed by atoms with Crippen molar-refractivity contribution in [2.45, 2.75) is 57.7 Å². The number of fused-ring (bicyclic) bond motifs is 1. The molecule has 2 amide bonds. The predicted octanol–water partition coefficient (Wildman–Crippen LogP) is 0.192. The van der Waals surface area contributed by atoms with Crippen LogP contribution in [0.3, 0.4) is 0 Å². The number of benzene rings is 1. The van der Waals surface area contributed by atoms with Gasteiger partial charge in [-0.15, -0.1) is 0 Å². The van der Waals surface area contributed by atoms with E-state index >= 15 is 0 Å². The van der Waals surface area contributed by atoms with Crippen molar-refractivity contribution in [1.29, 1.82) is 0 Å². The van der Waals surface area contributed by atoms with Crippen LogP contribution in [0, 0.1) is 5.92 Å². The molecule has 0 aliphatic carbocycles. The van der Waals surface area contributed by atoms with Gasteiger partial charge in [-0.2, -0.15) is 0 Å². The molecule has 0 unspecified atom stereocenters. The van der Waals surface area contributed by atoms with E-state index in [4.69, 9.17) is 17.2 Å². The number of hydrogen-bond acceptors (Lipinski definition) is 5. The molecule has 10 N–H and O–H groups in total. The number of aliphatic carboxylic acids is 1. The van der Waals surface area contributed by atoms with Crippen molar-refractivity contribution in [2.75, 3.05) is 6.54 Å². The van der Waals surface area contributed by atoms with Gasteiger partial charge < -0.3 is 37.9 Å². The first kappa shape index (κ1) is 26.7. The van der Waals surface area contributed by atoms with Crippen molar-refractivity contribution in [3.63, 3.8) is 0 Å². The van der Waals surface area contributed by atoms with Gasteiger partial charge in [-0.1, -0.05) is 32.0 Å². The summed E-state index contributed by atoms with van der Waals surface area (Å²) < 4.78 is 0. The zero-order valence-electron chi connectivity index (χ0n) is 19.6. The molecule has 1 aromatic heterocycles. The summed E-state index contributed by atoms with van der Waals surface area (Å²) >= 11 is 0. The molecule has 0 fully saturated rings. The Morgan fingerprint density at radius 1 is 1.09 bits per heavy atom. The molecule has 186 valence electrons. The number of carboxylic acid groups (broad SMARTS) is 1. The normalized spacial score (nSPS) is 13.8. The highest BCUT2D eigenvalue weighted by Crippen LogP contribution is 2.19. The van der Waals surface area contributed by atoms with Crippen molar-refractivity contribution >= 4 is 34.6 Å². The van der Waals surface area contributed by atoms with Crippen LogP contribution in [0.15, 0.2) is 35.5 Å². The van der Waals surface area contributed by atoms with Crippen molar-refractivity contribution in [2.24, 2.45) is 28.1 Å². The van der Waals surface area contributed by atoms with E-state index in [0.29, 0.717) is 12.8 Å². The topological polar surface area (TPSA) is 202 Å². The Morgan fingerprint density at radius 2 is 1.76 bits per heavy atom. The molecule has 11 heteroatoms. The Bertz CT molecular complexity index is 1010. The van der Waals surface area contributed by atoms with Crippen LogP contribution in [-0.2, 0) is 20.8 Å². The number of carboxylic acids is 1. The molecule has 1 aromatic carbocycles. The molecule has 0 saturated heterocycles.